The van der Waals surface area contributed by atoms with Crippen molar-refractivity contribution in [1.29, 1.82) is 0 Å². The summed E-state index contributed by atoms with van der Waals surface area (Å²) in [5, 5.41) is 7.25. The minimum atomic E-state index is -0.647. The molecule has 166 valence electrons. The molecule has 6 nitrogen and oxygen atoms in total. The van der Waals surface area contributed by atoms with Crippen LogP contribution in [-0.4, -0.2) is 46.6 Å². The molecule has 1 aromatic heterocycles. The molecule has 1 fully saturated rings. The lowest BCUT2D eigenvalue weighted by molar-refractivity contribution is -0.129. The third-order valence-corrected chi connectivity index (χ3v) is 6.24. The van der Waals surface area contributed by atoms with Crippen molar-refractivity contribution in [1.82, 2.24) is 20.0 Å². The summed E-state index contributed by atoms with van der Waals surface area (Å²) in [5.74, 6) is -0.127. The molecule has 1 aliphatic heterocycles. The fraction of sp³-hybridized carbons (Fsp3) is 0.346. The molecular formula is C26H30N4O2. The first-order valence-electron chi connectivity index (χ1n) is 11.2. The highest BCUT2D eigenvalue weighted by Gasteiger charge is 2.46. The molecule has 4 rings (SSSR count). The van der Waals surface area contributed by atoms with E-state index in [1.54, 1.807) is 22.7 Å². The van der Waals surface area contributed by atoms with E-state index in [4.69, 9.17) is 0 Å². The van der Waals surface area contributed by atoms with E-state index in [-0.39, 0.29) is 11.8 Å². The minimum Gasteiger partial charge on any atom is -0.359 e. The van der Waals surface area contributed by atoms with Gasteiger partial charge in [0.25, 0.3) is 5.91 Å². The Morgan fingerprint density at radius 3 is 2.59 bits per heavy atom. The van der Waals surface area contributed by atoms with Crippen molar-refractivity contribution in [2.24, 2.45) is 5.41 Å². The molecule has 2 aromatic carbocycles. The van der Waals surface area contributed by atoms with Crippen molar-refractivity contribution in [3.05, 3.63) is 78.1 Å². The van der Waals surface area contributed by atoms with E-state index in [1.807, 2.05) is 30.5 Å². The molecule has 1 aliphatic rings. The van der Waals surface area contributed by atoms with Crippen LogP contribution in [0.4, 0.5) is 0 Å². The zero-order valence-electron chi connectivity index (χ0n) is 18.8. The lowest BCUT2D eigenvalue weighted by atomic mass is 9.79. The zero-order chi connectivity index (χ0) is 22.6. The van der Waals surface area contributed by atoms with Crippen LogP contribution in [-0.2, 0) is 17.8 Å². The second-order valence-electron chi connectivity index (χ2n) is 8.54. The van der Waals surface area contributed by atoms with E-state index >= 15 is 0 Å². The Hall–Kier alpha value is -3.41. The second-order valence-corrected chi connectivity index (χ2v) is 8.54. The number of carbonyl (C=O) groups excluding carboxylic acids is 2. The first-order valence-corrected chi connectivity index (χ1v) is 11.2. The maximum absolute atomic E-state index is 13.1. The van der Waals surface area contributed by atoms with Crippen molar-refractivity contribution in [2.75, 3.05) is 20.1 Å². The fourth-order valence-electron chi connectivity index (χ4n) is 4.59. The molecule has 1 unspecified atom stereocenters. The van der Waals surface area contributed by atoms with Gasteiger partial charge in [-0.15, -0.1) is 0 Å². The average Bonchev–Trinajstić information content (AvgIpc) is 3.47. The van der Waals surface area contributed by atoms with Crippen LogP contribution < -0.4 is 5.32 Å². The van der Waals surface area contributed by atoms with Crippen molar-refractivity contribution in [3.63, 3.8) is 0 Å². The van der Waals surface area contributed by atoms with Gasteiger partial charge < -0.3 is 10.2 Å². The Kier molecular flexibility index (Phi) is 6.40. The SMILES string of the molecule is CCCn1ccc(C(=O)N2CCC(Cc3cccc(-c4ccccc4)c3)(C(=O)NC)C2)n1. The summed E-state index contributed by atoms with van der Waals surface area (Å²) in [6.45, 7) is 3.80. The molecule has 1 N–H and O–H groups in total. The number of amides is 2. The molecule has 0 saturated carbocycles. The maximum Gasteiger partial charge on any atom is 0.274 e. The van der Waals surface area contributed by atoms with Crippen molar-refractivity contribution < 1.29 is 9.59 Å². The predicted octanol–water partition coefficient (Wildman–Crippen LogP) is 3.78. The van der Waals surface area contributed by atoms with Gasteiger partial charge in [0.2, 0.25) is 5.91 Å². The van der Waals surface area contributed by atoms with Crippen LogP contribution in [0.15, 0.2) is 66.9 Å². The standard InChI is InChI=1S/C26H30N4O2/c1-3-14-30-15-12-23(28-30)24(31)29-16-13-26(19-29,25(32)27-2)18-20-8-7-11-22(17-20)21-9-5-4-6-10-21/h4-12,15,17H,3,13-14,16,18-19H2,1-2H3,(H,27,32). The zero-order valence-corrected chi connectivity index (χ0v) is 18.8. The molecule has 0 bridgehead atoms. The molecule has 1 saturated heterocycles. The number of nitrogens with zero attached hydrogens (tertiary/aromatic N) is 3. The highest BCUT2D eigenvalue weighted by molar-refractivity contribution is 5.93. The summed E-state index contributed by atoms with van der Waals surface area (Å²) in [6, 6.07) is 20.3. The van der Waals surface area contributed by atoms with Gasteiger partial charge >= 0.3 is 0 Å². The van der Waals surface area contributed by atoms with Gasteiger partial charge in [0.05, 0.1) is 5.41 Å². The highest BCUT2D eigenvalue weighted by atomic mass is 16.2. The van der Waals surface area contributed by atoms with E-state index in [1.165, 1.54) is 0 Å². The number of aryl methyl sites for hydroxylation is 1. The van der Waals surface area contributed by atoms with Crippen LogP contribution in [0.1, 0.15) is 35.8 Å². The number of aromatic nitrogens is 2. The second kappa shape index (κ2) is 9.39. The number of benzene rings is 2. The van der Waals surface area contributed by atoms with Crippen LogP contribution in [0.2, 0.25) is 0 Å². The molecule has 32 heavy (non-hydrogen) atoms. The van der Waals surface area contributed by atoms with Crippen LogP contribution in [0, 0.1) is 5.41 Å². The third-order valence-electron chi connectivity index (χ3n) is 6.24. The average molecular weight is 431 g/mol. The smallest absolute Gasteiger partial charge is 0.274 e. The summed E-state index contributed by atoms with van der Waals surface area (Å²) in [4.78, 5) is 27.9. The number of nitrogens with one attached hydrogen (secondary N) is 1. The van der Waals surface area contributed by atoms with Crippen molar-refractivity contribution >= 4 is 11.8 Å². The maximum atomic E-state index is 13.1. The normalized spacial score (nSPS) is 18.0. The Labute approximate surface area is 189 Å². The topological polar surface area (TPSA) is 67.2 Å². The van der Waals surface area contributed by atoms with E-state index in [2.05, 4.69) is 47.7 Å². The number of hydrogen-bond acceptors (Lipinski definition) is 3. The number of likely N-dealkylation sites (tertiary alicyclic amines) is 1. The first kappa shape index (κ1) is 21.8. The van der Waals surface area contributed by atoms with E-state index in [9.17, 15) is 9.59 Å². The first-order chi connectivity index (χ1) is 15.5. The summed E-state index contributed by atoms with van der Waals surface area (Å²) >= 11 is 0. The van der Waals surface area contributed by atoms with Gasteiger partial charge in [-0.1, -0.05) is 61.5 Å². The summed E-state index contributed by atoms with van der Waals surface area (Å²) in [7, 11) is 1.67. The van der Waals surface area contributed by atoms with Gasteiger partial charge in [-0.3, -0.25) is 14.3 Å². The van der Waals surface area contributed by atoms with Gasteiger partial charge in [0.1, 0.15) is 5.69 Å². The Bertz CT molecular complexity index is 1090. The molecule has 0 aliphatic carbocycles. The van der Waals surface area contributed by atoms with Gasteiger partial charge in [-0.05, 0) is 42.0 Å². The number of hydrogen-bond donors (Lipinski definition) is 1. The monoisotopic (exact) mass is 430 g/mol. The molecular weight excluding hydrogens is 400 g/mol. The van der Waals surface area contributed by atoms with Crippen LogP contribution in [0.3, 0.4) is 0 Å². The lowest BCUT2D eigenvalue weighted by Gasteiger charge is -2.27. The van der Waals surface area contributed by atoms with Gasteiger partial charge in [0.15, 0.2) is 0 Å². The van der Waals surface area contributed by atoms with Crippen LogP contribution in [0.5, 0.6) is 0 Å². The summed E-state index contributed by atoms with van der Waals surface area (Å²) in [6.07, 6.45) is 4.01. The van der Waals surface area contributed by atoms with E-state index in [0.29, 0.717) is 31.6 Å². The van der Waals surface area contributed by atoms with Gasteiger partial charge in [-0.25, -0.2) is 0 Å². The van der Waals surface area contributed by atoms with Crippen LogP contribution >= 0.6 is 0 Å². The molecule has 1 atom stereocenters. The van der Waals surface area contributed by atoms with Crippen LogP contribution in [0.25, 0.3) is 11.1 Å². The number of rotatable bonds is 7. The molecule has 3 aromatic rings. The third kappa shape index (κ3) is 4.44. The largest absolute Gasteiger partial charge is 0.359 e. The summed E-state index contributed by atoms with van der Waals surface area (Å²) < 4.78 is 1.80. The highest BCUT2D eigenvalue weighted by Crippen LogP contribution is 2.36. The Morgan fingerprint density at radius 2 is 1.84 bits per heavy atom. The fourth-order valence-corrected chi connectivity index (χ4v) is 4.59. The van der Waals surface area contributed by atoms with Crippen molar-refractivity contribution in [3.8, 4) is 11.1 Å². The Balaban J connectivity index is 1.55. The van der Waals surface area contributed by atoms with Crippen molar-refractivity contribution in [2.45, 2.75) is 32.7 Å². The van der Waals surface area contributed by atoms with Gasteiger partial charge in [-0.2, -0.15) is 5.10 Å². The molecule has 0 spiro atoms. The predicted molar refractivity (Wildman–Crippen MR) is 125 cm³/mol. The van der Waals surface area contributed by atoms with Gasteiger partial charge in [0, 0.05) is 32.9 Å². The number of carbonyl (C=O) groups is 2. The lowest BCUT2D eigenvalue weighted by Crippen LogP contribution is -2.44. The molecule has 0 radical (unpaired) electrons. The quantitative estimate of drug-likeness (QED) is 0.620. The minimum absolute atomic E-state index is 0.0190. The molecule has 2 heterocycles. The summed E-state index contributed by atoms with van der Waals surface area (Å²) in [5.41, 5.74) is 3.16. The molecule has 2 amide bonds. The van der Waals surface area contributed by atoms with E-state index in [0.717, 1.165) is 29.7 Å². The Morgan fingerprint density at radius 1 is 1.06 bits per heavy atom. The molecule has 6 heteroatoms. The van der Waals surface area contributed by atoms with E-state index < -0.39 is 5.41 Å².